The fourth-order valence-electron chi connectivity index (χ4n) is 3.50. The van der Waals surface area contributed by atoms with Crippen molar-refractivity contribution in [3.63, 3.8) is 0 Å². The summed E-state index contributed by atoms with van der Waals surface area (Å²) in [6.45, 7) is 2.46. The maximum absolute atomic E-state index is 13.0. The molecule has 0 atom stereocenters. The molecule has 142 valence electrons. The van der Waals surface area contributed by atoms with E-state index in [0.29, 0.717) is 34.8 Å². The van der Waals surface area contributed by atoms with Crippen molar-refractivity contribution in [1.82, 2.24) is 9.88 Å². The van der Waals surface area contributed by atoms with Gasteiger partial charge in [-0.15, -0.1) is 0 Å². The van der Waals surface area contributed by atoms with E-state index in [1.54, 1.807) is 36.2 Å². The molecule has 0 saturated carbocycles. The van der Waals surface area contributed by atoms with E-state index in [9.17, 15) is 9.59 Å². The number of nitrogens with one attached hydrogen (secondary N) is 1. The molecule has 1 aromatic heterocycles. The highest BCUT2D eigenvalue weighted by Gasteiger charge is 2.27. The third-order valence-corrected chi connectivity index (χ3v) is 5.04. The summed E-state index contributed by atoms with van der Waals surface area (Å²) in [5.41, 5.74) is 3.44. The molecule has 2 aromatic carbocycles. The van der Waals surface area contributed by atoms with Crippen molar-refractivity contribution in [2.24, 2.45) is 0 Å². The first kappa shape index (κ1) is 18.3. The number of benzene rings is 2. The molecule has 0 spiro atoms. The highest BCUT2D eigenvalue weighted by molar-refractivity contribution is 6.31. The highest BCUT2D eigenvalue weighted by Crippen LogP contribution is 2.33. The van der Waals surface area contributed by atoms with Crippen LogP contribution in [0, 0.1) is 0 Å². The van der Waals surface area contributed by atoms with E-state index in [2.05, 4.69) is 4.98 Å². The Bertz CT molecular complexity index is 1090. The SMILES string of the molecule is CCOC(=O)C1=CN(C(=O)c2ccccc2)CCc2c1[nH]c1ccc(Cl)cc21. The number of hydrogen-bond donors (Lipinski definition) is 1. The Morgan fingerprint density at radius 2 is 1.96 bits per heavy atom. The summed E-state index contributed by atoms with van der Waals surface area (Å²) in [6.07, 6.45) is 2.18. The number of H-pyrrole nitrogens is 1. The molecule has 3 aromatic rings. The molecule has 1 aliphatic heterocycles. The van der Waals surface area contributed by atoms with Crippen molar-refractivity contribution >= 4 is 40.0 Å². The molecule has 2 heterocycles. The number of aromatic nitrogens is 1. The molecule has 6 heteroatoms. The summed E-state index contributed by atoms with van der Waals surface area (Å²) in [7, 11) is 0. The van der Waals surface area contributed by atoms with Gasteiger partial charge in [-0.2, -0.15) is 0 Å². The lowest BCUT2D eigenvalue weighted by atomic mass is 10.0. The second kappa shape index (κ2) is 7.52. The van der Waals surface area contributed by atoms with Gasteiger partial charge in [0.1, 0.15) is 0 Å². The molecule has 5 nitrogen and oxygen atoms in total. The van der Waals surface area contributed by atoms with Crippen LogP contribution < -0.4 is 0 Å². The summed E-state index contributed by atoms with van der Waals surface area (Å²) < 4.78 is 5.26. The van der Waals surface area contributed by atoms with Gasteiger partial charge in [0, 0.05) is 34.2 Å². The van der Waals surface area contributed by atoms with Crippen molar-refractivity contribution in [2.45, 2.75) is 13.3 Å². The molecule has 1 aliphatic rings. The fraction of sp³-hybridized carbons (Fsp3) is 0.182. The molecule has 0 aliphatic carbocycles. The zero-order valence-electron chi connectivity index (χ0n) is 15.4. The van der Waals surface area contributed by atoms with E-state index in [4.69, 9.17) is 16.3 Å². The van der Waals surface area contributed by atoms with Gasteiger partial charge in [-0.3, -0.25) is 4.79 Å². The van der Waals surface area contributed by atoms with E-state index in [1.165, 1.54) is 0 Å². The predicted molar refractivity (Wildman–Crippen MR) is 109 cm³/mol. The van der Waals surface area contributed by atoms with Crippen LogP contribution in [0.15, 0.2) is 54.7 Å². The average molecular weight is 395 g/mol. The third kappa shape index (κ3) is 3.29. The fourth-order valence-corrected chi connectivity index (χ4v) is 3.67. The topological polar surface area (TPSA) is 62.4 Å². The number of amides is 1. The third-order valence-electron chi connectivity index (χ3n) is 4.80. The zero-order valence-corrected chi connectivity index (χ0v) is 16.1. The molecule has 1 N–H and O–H groups in total. The smallest absolute Gasteiger partial charge is 0.341 e. The van der Waals surface area contributed by atoms with Crippen LogP contribution in [0.2, 0.25) is 5.02 Å². The number of ether oxygens (including phenoxy) is 1. The Kier molecular flexibility index (Phi) is 4.92. The predicted octanol–water partition coefficient (Wildman–Crippen LogP) is 4.42. The summed E-state index contributed by atoms with van der Waals surface area (Å²) in [4.78, 5) is 30.5. The molecule has 0 fully saturated rings. The molecule has 4 rings (SSSR count). The molecule has 0 saturated heterocycles. The maximum atomic E-state index is 13.0. The first-order valence-electron chi connectivity index (χ1n) is 9.14. The molecular weight excluding hydrogens is 376 g/mol. The summed E-state index contributed by atoms with van der Waals surface area (Å²) >= 11 is 6.18. The number of rotatable bonds is 3. The van der Waals surface area contributed by atoms with Gasteiger partial charge >= 0.3 is 5.97 Å². The largest absolute Gasteiger partial charge is 0.462 e. The summed E-state index contributed by atoms with van der Waals surface area (Å²) in [6, 6.07) is 14.6. The molecular formula is C22H19ClN2O3. The van der Waals surface area contributed by atoms with Gasteiger partial charge in [0.05, 0.1) is 17.9 Å². The number of carbonyl (C=O) groups excluding carboxylic acids is 2. The average Bonchev–Trinajstić information content (AvgIpc) is 2.94. The van der Waals surface area contributed by atoms with Gasteiger partial charge < -0.3 is 14.6 Å². The Morgan fingerprint density at radius 3 is 2.71 bits per heavy atom. The first-order chi connectivity index (χ1) is 13.6. The minimum absolute atomic E-state index is 0.158. The zero-order chi connectivity index (χ0) is 19.7. The Labute approximate surface area is 167 Å². The van der Waals surface area contributed by atoms with E-state index in [1.807, 2.05) is 30.3 Å². The van der Waals surface area contributed by atoms with E-state index < -0.39 is 5.97 Å². The van der Waals surface area contributed by atoms with Gasteiger partial charge in [-0.05, 0) is 49.2 Å². The van der Waals surface area contributed by atoms with Crippen LogP contribution in [-0.4, -0.2) is 34.9 Å². The van der Waals surface area contributed by atoms with Crippen LogP contribution in [-0.2, 0) is 16.0 Å². The Morgan fingerprint density at radius 1 is 1.18 bits per heavy atom. The molecule has 0 unspecified atom stereocenters. The van der Waals surface area contributed by atoms with Gasteiger partial charge in [0.15, 0.2) is 0 Å². The molecule has 0 bridgehead atoms. The number of hydrogen-bond acceptors (Lipinski definition) is 3. The second-order valence-electron chi connectivity index (χ2n) is 6.55. The van der Waals surface area contributed by atoms with Crippen LogP contribution in [0.25, 0.3) is 16.5 Å². The quantitative estimate of drug-likeness (QED) is 0.669. The van der Waals surface area contributed by atoms with Crippen molar-refractivity contribution in [3.8, 4) is 0 Å². The first-order valence-corrected chi connectivity index (χ1v) is 9.51. The monoisotopic (exact) mass is 394 g/mol. The van der Waals surface area contributed by atoms with Crippen molar-refractivity contribution in [2.75, 3.05) is 13.2 Å². The number of fused-ring (bicyclic) bond motifs is 3. The maximum Gasteiger partial charge on any atom is 0.341 e. The van der Waals surface area contributed by atoms with E-state index >= 15 is 0 Å². The number of esters is 1. The van der Waals surface area contributed by atoms with Crippen molar-refractivity contribution in [3.05, 3.63) is 76.6 Å². The van der Waals surface area contributed by atoms with Crippen LogP contribution in [0.3, 0.4) is 0 Å². The second-order valence-corrected chi connectivity index (χ2v) is 6.98. The van der Waals surface area contributed by atoms with Gasteiger partial charge in [0.2, 0.25) is 0 Å². The normalized spacial score (nSPS) is 13.6. The van der Waals surface area contributed by atoms with Crippen LogP contribution in [0.4, 0.5) is 0 Å². The molecule has 28 heavy (non-hydrogen) atoms. The summed E-state index contributed by atoms with van der Waals surface area (Å²) in [5, 5.41) is 1.57. The number of carbonyl (C=O) groups is 2. The van der Waals surface area contributed by atoms with Crippen molar-refractivity contribution in [1.29, 1.82) is 0 Å². The summed E-state index contributed by atoms with van der Waals surface area (Å²) in [5.74, 6) is -0.621. The van der Waals surface area contributed by atoms with E-state index in [-0.39, 0.29) is 12.5 Å². The lowest BCUT2D eigenvalue weighted by Crippen LogP contribution is -2.28. The molecule has 1 amide bonds. The number of halogens is 1. The highest BCUT2D eigenvalue weighted by atomic mass is 35.5. The van der Waals surface area contributed by atoms with Crippen molar-refractivity contribution < 1.29 is 14.3 Å². The van der Waals surface area contributed by atoms with Crippen LogP contribution in [0.5, 0.6) is 0 Å². The Balaban J connectivity index is 1.82. The Hall–Kier alpha value is -3.05. The van der Waals surface area contributed by atoms with Gasteiger partial charge in [-0.1, -0.05) is 29.8 Å². The minimum atomic E-state index is -0.464. The standard InChI is InChI=1S/C22H19ClN2O3/c1-2-28-22(27)18-13-25(21(26)14-6-4-3-5-7-14)11-10-16-17-12-15(23)8-9-19(17)24-20(16)18/h3-9,12-13,24H,2,10-11H2,1H3. The lowest BCUT2D eigenvalue weighted by Gasteiger charge is -2.17. The van der Waals surface area contributed by atoms with Crippen LogP contribution >= 0.6 is 11.6 Å². The number of nitrogens with zero attached hydrogens (tertiary/aromatic N) is 1. The number of aromatic amines is 1. The van der Waals surface area contributed by atoms with E-state index in [0.717, 1.165) is 16.5 Å². The molecule has 0 radical (unpaired) electrons. The minimum Gasteiger partial charge on any atom is -0.462 e. The lowest BCUT2D eigenvalue weighted by molar-refractivity contribution is -0.136. The van der Waals surface area contributed by atoms with Gasteiger partial charge in [-0.25, -0.2) is 4.79 Å². The van der Waals surface area contributed by atoms with Crippen LogP contribution in [0.1, 0.15) is 28.5 Å². The van der Waals surface area contributed by atoms with Gasteiger partial charge in [0.25, 0.3) is 5.91 Å².